The zero-order valence-electron chi connectivity index (χ0n) is 14.8. The molecule has 1 fully saturated rings. The number of benzene rings is 1. The molecule has 0 bridgehead atoms. The van der Waals surface area contributed by atoms with Crippen LogP contribution in [0.25, 0.3) is 0 Å². The van der Waals surface area contributed by atoms with Gasteiger partial charge in [-0.1, -0.05) is 23.2 Å². The lowest BCUT2D eigenvalue weighted by Crippen LogP contribution is -2.41. The Morgan fingerprint density at radius 3 is 2.79 bits per heavy atom. The average Bonchev–Trinajstić information content (AvgIpc) is 3.12. The maximum Gasteiger partial charge on any atom is 0.261 e. The molecule has 3 N–H and O–H groups in total. The second-order valence-electron chi connectivity index (χ2n) is 6.11. The largest absolute Gasteiger partial charge is 0.389 e. The topological polar surface area (TPSA) is 90.9 Å². The van der Waals surface area contributed by atoms with Gasteiger partial charge in [0, 0.05) is 25.3 Å². The molecule has 150 valence electrons. The van der Waals surface area contributed by atoms with Crippen LogP contribution in [0.1, 0.15) is 9.67 Å². The summed E-state index contributed by atoms with van der Waals surface area (Å²) in [6.07, 6.45) is -0.809. The Balaban J connectivity index is 1.49. The first-order valence-corrected chi connectivity index (χ1v) is 10.1. The van der Waals surface area contributed by atoms with Gasteiger partial charge >= 0.3 is 0 Å². The summed E-state index contributed by atoms with van der Waals surface area (Å²) in [6, 6.07) is 8.51. The maximum atomic E-state index is 12.0. The van der Waals surface area contributed by atoms with Crippen molar-refractivity contribution in [3.8, 4) is 0 Å². The number of carbonyl (C=O) groups excluding carboxylic acids is 2. The number of aliphatic hydroxyl groups excluding tert-OH is 1. The van der Waals surface area contributed by atoms with Gasteiger partial charge in [-0.15, -0.1) is 11.3 Å². The van der Waals surface area contributed by atoms with Crippen molar-refractivity contribution in [3.63, 3.8) is 0 Å². The van der Waals surface area contributed by atoms with E-state index in [0.717, 1.165) is 0 Å². The van der Waals surface area contributed by atoms with E-state index in [4.69, 9.17) is 27.9 Å². The predicted octanol–water partition coefficient (Wildman–Crippen LogP) is 2.62. The third-order valence-electron chi connectivity index (χ3n) is 4.07. The van der Waals surface area contributed by atoms with Gasteiger partial charge in [-0.2, -0.15) is 0 Å². The van der Waals surface area contributed by atoms with Crippen LogP contribution in [0.5, 0.6) is 0 Å². The van der Waals surface area contributed by atoms with E-state index in [1.54, 1.807) is 35.2 Å². The van der Waals surface area contributed by atoms with Crippen molar-refractivity contribution in [2.75, 3.05) is 43.1 Å². The van der Waals surface area contributed by atoms with E-state index >= 15 is 0 Å². The number of anilines is 2. The van der Waals surface area contributed by atoms with Gasteiger partial charge in [0.25, 0.3) is 11.8 Å². The van der Waals surface area contributed by atoms with E-state index in [1.165, 1.54) is 11.3 Å². The molecule has 2 amide bonds. The quantitative estimate of drug-likeness (QED) is 0.611. The summed E-state index contributed by atoms with van der Waals surface area (Å²) >= 11 is 13.3. The average molecular weight is 444 g/mol. The molecule has 0 aliphatic carbocycles. The highest BCUT2D eigenvalue weighted by atomic mass is 35.5. The number of hydrogen-bond acceptors (Lipinski definition) is 6. The number of hydrogen-bond donors (Lipinski definition) is 3. The van der Waals surface area contributed by atoms with Crippen molar-refractivity contribution in [2.45, 2.75) is 6.10 Å². The summed E-state index contributed by atoms with van der Waals surface area (Å²) in [4.78, 5) is 26.0. The molecule has 1 aliphatic rings. The third-order valence-corrected chi connectivity index (χ3v) is 5.62. The standard InChI is InChI=1S/C18H19Cl2N3O4S/c19-13-7-11(23-5-6-27-10-17(23)25)1-2-14(13)21-8-12(24)9-22-18(26)15-3-4-16(20)28-15/h1-4,7,12,21,24H,5-6,8-10H2,(H,22,26). The minimum absolute atomic E-state index is 0.0627. The van der Waals surface area contributed by atoms with Crippen LogP contribution in [0.15, 0.2) is 30.3 Å². The third kappa shape index (κ3) is 5.36. The minimum Gasteiger partial charge on any atom is -0.389 e. The molecule has 1 aromatic carbocycles. The number of nitrogens with one attached hydrogen (secondary N) is 2. The lowest BCUT2D eigenvalue weighted by Gasteiger charge is -2.27. The number of ether oxygens (including phenoxy) is 1. The lowest BCUT2D eigenvalue weighted by molar-refractivity contribution is -0.125. The van der Waals surface area contributed by atoms with E-state index in [-0.39, 0.29) is 31.5 Å². The van der Waals surface area contributed by atoms with Crippen LogP contribution >= 0.6 is 34.5 Å². The van der Waals surface area contributed by atoms with E-state index in [0.29, 0.717) is 38.8 Å². The van der Waals surface area contributed by atoms with Crippen molar-refractivity contribution in [1.29, 1.82) is 0 Å². The molecule has 0 saturated carbocycles. The predicted molar refractivity (Wildman–Crippen MR) is 111 cm³/mol. The second kappa shape index (κ2) is 9.58. The van der Waals surface area contributed by atoms with Gasteiger partial charge in [0.15, 0.2) is 0 Å². The van der Waals surface area contributed by atoms with Crippen molar-refractivity contribution >= 4 is 57.7 Å². The molecule has 2 aromatic rings. The number of thiophene rings is 1. The highest BCUT2D eigenvalue weighted by molar-refractivity contribution is 7.18. The molecule has 7 nitrogen and oxygen atoms in total. The Morgan fingerprint density at radius 1 is 1.29 bits per heavy atom. The second-order valence-corrected chi connectivity index (χ2v) is 8.23. The number of halogens is 2. The molecular formula is C18H19Cl2N3O4S. The molecule has 1 saturated heterocycles. The van der Waals surface area contributed by atoms with Gasteiger partial charge in [0.1, 0.15) is 6.61 Å². The molecule has 3 rings (SSSR count). The zero-order valence-corrected chi connectivity index (χ0v) is 17.1. The number of morpholine rings is 1. The van der Waals surface area contributed by atoms with Gasteiger partial charge in [-0.05, 0) is 30.3 Å². The molecule has 1 atom stereocenters. The number of rotatable bonds is 7. The van der Waals surface area contributed by atoms with Gasteiger partial charge in [0.2, 0.25) is 0 Å². The Morgan fingerprint density at radius 2 is 2.11 bits per heavy atom. The number of aliphatic hydroxyl groups is 1. The summed E-state index contributed by atoms with van der Waals surface area (Å²) in [5.41, 5.74) is 1.33. The van der Waals surface area contributed by atoms with E-state index in [9.17, 15) is 14.7 Å². The van der Waals surface area contributed by atoms with E-state index in [1.807, 2.05) is 0 Å². The smallest absolute Gasteiger partial charge is 0.261 e. The van der Waals surface area contributed by atoms with Crippen LogP contribution in [0.3, 0.4) is 0 Å². The van der Waals surface area contributed by atoms with Gasteiger partial charge in [-0.25, -0.2) is 0 Å². The van der Waals surface area contributed by atoms with Crippen LogP contribution in [0.4, 0.5) is 11.4 Å². The van der Waals surface area contributed by atoms with E-state index < -0.39 is 6.10 Å². The fourth-order valence-electron chi connectivity index (χ4n) is 2.64. The Bertz CT molecular complexity index is 861. The SMILES string of the molecule is O=C(NCC(O)CNc1ccc(N2CCOCC2=O)cc1Cl)c1ccc(Cl)s1. The number of carbonyl (C=O) groups is 2. The van der Waals surface area contributed by atoms with Gasteiger partial charge < -0.3 is 25.4 Å². The van der Waals surface area contributed by atoms with Crippen LogP contribution < -0.4 is 15.5 Å². The zero-order chi connectivity index (χ0) is 20.1. The summed E-state index contributed by atoms with van der Waals surface area (Å²) in [6.45, 7) is 1.31. The molecule has 1 aliphatic heterocycles. The molecule has 1 unspecified atom stereocenters. The highest BCUT2D eigenvalue weighted by Gasteiger charge is 2.21. The molecule has 10 heteroatoms. The molecule has 0 spiro atoms. The van der Waals surface area contributed by atoms with Crippen LogP contribution in [-0.2, 0) is 9.53 Å². The maximum absolute atomic E-state index is 12.0. The number of nitrogens with zero attached hydrogens (tertiary/aromatic N) is 1. The van der Waals surface area contributed by atoms with Crippen molar-refractivity contribution in [3.05, 3.63) is 44.6 Å². The minimum atomic E-state index is -0.809. The first kappa shape index (κ1) is 20.9. The lowest BCUT2D eigenvalue weighted by atomic mass is 10.2. The van der Waals surface area contributed by atoms with Crippen molar-refractivity contribution < 1.29 is 19.4 Å². The monoisotopic (exact) mass is 443 g/mol. The first-order chi connectivity index (χ1) is 13.4. The fourth-order valence-corrected chi connectivity index (χ4v) is 3.84. The summed E-state index contributed by atoms with van der Waals surface area (Å²) in [5, 5.41) is 16.2. The first-order valence-electron chi connectivity index (χ1n) is 8.57. The van der Waals surface area contributed by atoms with E-state index in [2.05, 4.69) is 10.6 Å². The van der Waals surface area contributed by atoms with Gasteiger partial charge in [-0.3, -0.25) is 9.59 Å². The summed E-state index contributed by atoms with van der Waals surface area (Å²) in [7, 11) is 0. The Hall–Kier alpha value is -1.84. The summed E-state index contributed by atoms with van der Waals surface area (Å²) in [5.74, 6) is -0.394. The van der Waals surface area contributed by atoms with Crippen molar-refractivity contribution in [1.82, 2.24) is 5.32 Å². The van der Waals surface area contributed by atoms with Crippen LogP contribution in [0.2, 0.25) is 9.36 Å². The van der Waals surface area contributed by atoms with Crippen LogP contribution in [-0.4, -0.2) is 55.9 Å². The van der Waals surface area contributed by atoms with Crippen molar-refractivity contribution in [2.24, 2.45) is 0 Å². The number of amides is 2. The summed E-state index contributed by atoms with van der Waals surface area (Å²) < 4.78 is 5.65. The molecule has 2 heterocycles. The molecular weight excluding hydrogens is 425 g/mol. The molecule has 28 heavy (non-hydrogen) atoms. The normalized spacial score (nSPS) is 15.4. The fraction of sp³-hybridized carbons (Fsp3) is 0.333. The Labute approximate surface area is 176 Å². The Kier molecular flexibility index (Phi) is 7.14. The highest BCUT2D eigenvalue weighted by Crippen LogP contribution is 2.28. The van der Waals surface area contributed by atoms with Crippen LogP contribution in [0, 0.1) is 0 Å². The molecule has 1 aromatic heterocycles. The van der Waals surface area contributed by atoms with Gasteiger partial charge in [0.05, 0.1) is 32.6 Å². The molecule has 0 radical (unpaired) electrons.